The third-order valence-corrected chi connectivity index (χ3v) is 6.82. The quantitative estimate of drug-likeness (QED) is 0.567. The number of nitrogens with zero attached hydrogens (tertiary/aromatic N) is 1. The van der Waals surface area contributed by atoms with Crippen LogP contribution in [0.5, 0.6) is 0 Å². The lowest BCUT2D eigenvalue weighted by molar-refractivity contribution is -0.114. The highest BCUT2D eigenvalue weighted by Gasteiger charge is 2.29. The first kappa shape index (κ1) is 21.2. The fourth-order valence-electron chi connectivity index (χ4n) is 2.74. The summed E-state index contributed by atoms with van der Waals surface area (Å²) in [6.07, 6.45) is 0. The molecule has 1 amide bonds. The van der Waals surface area contributed by atoms with E-state index >= 15 is 0 Å². The number of nitrogens with one attached hydrogen (secondary N) is 1. The molecule has 150 valence electrons. The zero-order valence-electron chi connectivity index (χ0n) is 15.5. The standard InChI is InChI=1S/C21H18Cl2N2O3S/c1-15-8-5-6-12-18(15)24-20(26)14-25(19-13-7-11-17(22)21(19)23)29(27,28)16-9-3-2-4-10-16/h2-13H,14H2,1H3,(H,24,26). The van der Waals surface area contributed by atoms with E-state index in [1.54, 1.807) is 42.5 Å². The Morgan fingerprint density at radius 2 is 1.59 bits per heavy atom. The summed E-state index contributed by atoms with van der Waals surface area (Å²) in [4.78, 5) is 12.8. The lowest BCUT2D eigenvalue weighted by atomic mass is 10.2. The molecule has 0 aromatic heterocycles. The third-order valence-electron chi connectivity index (χ3n) is 4.24. The zero-order chi connectivity index (χ0) is 21.0. The molecule has 0 aliphatic carbocycles. The summed E-state index contributed by atoms with van der Waals surface area (Å²) < 4.78 is 27.6. The van der Waals surface area contributed by atoms with Crippen molar-refractivity contribution in [2.24, 2.45) is 0 Å². The van der Waals surface area contributed by atoms with E-state index in [2.05, 4.69) is 5.32 Å². The topological polar surface area (TPSA) is 66.5 Å². The van der Waals surface area contributed by atoms with Crippen molar-refractivity contribution in [1.29, 1.82) is 0 Å². The van der Waals surface area contributed by atoms with Gasteiger partial charge >= 0.3 is 0 Å². The number of anilines is 2. The normalized spacial score (nSPS) is 11.1. The minimum Gasteiger partial charge on any atom is -0.324 e. The van der Waals surface area contributed by atoms with Gasteiger partial charge in [-0.1, -0.05) is 65.7 Å². The maximum atomic E-state index is 13.3. The summed E-state index contributed by atoms with van der Waals surface area (Å²) in [5.74, 6) is -0.505. The monoisotopic (exact) mass is 448 g/mol. The molecule has 1 N–H and O–H groups in total. The van der Waals surface area contributed by atoms with Crippen molar-refractivity contribution >= 4 is 50.5 Å². The van der Waals surface area contributed by atoms with Crippen molar-refractivity contribution in [3.63, 3.8) is 0 Å². The molecule has 0 heterocycles. The van der Waals surface area contributed by atoms with Crippen molar-refractivity contribution < 1.29 is 13.2 Å². The van der Waals surface area contributed by atoms with Crippen LogP contribution in [0.1, 0.15) is 5.56 Å². The van der Waals surface area contributed by atoms with Crippen LogP contribution in [-0.2, 0) is 14.8 Å². The fraction of sp³-hybridized carbons (Fsp3) is 0.0952. The number of rotatable bonds is 6. The number of benzene rings is 3. The second-order valence-electron chi connectivity index (χ2n) is 6.26. The fourth-order valence-corrected chi connectivity index (χ4v) is 4.64. The van der Waals surface area contributed by atoms with Gasteiger partial charge in [0.15, 0.2) is 0 Å². The first-order chi connectivity index (χ1) is 13.8. The molecule has 8 heteroatoms. The van der Waals surface area contributed by atoms with Gasteiger partial charge in [0.25, 0.3) is 10.0 Å². The Morgan fingerprint density at radius 3 is 2.28 bits per heavy atom. The largest absolute Gasteiger partial charge is 0.324 e. The highest BCUT2D eigenvalue weighted by Crippen LogP contribution is 2.35. The van der Waals surface area contributed by atoms with Crippen molar-refractivity contribution in [3.05, 3.63) is 88.4 Å². The number of amides is 1. The summed E-state index contributed by atoms with van der Waals surface area (Å²) >= 11 is 12.4. The van der Waals surface area contributed by atoms with E-state index in [1.807, 2.05) is 19.1 Å². The number of hydrogen-bond acceptors (Lipinski definition) is 3. The van der Waals surface area contributed by atoms with Crippen molar-refractivity contribution in [3.8, 4) is 0 Å². The lowest BCUT2D eigenvalue weighted by Crippen LogP contribution is -2.38. The van der Waals surface area contributed by atoms with E-state index in [-0.39, 0.29) is 20.6 Å². The van der Waals surface area contributed by atoms with Crippen LogP contribution < -0.4 is 9.62 Å². The summed E-state index contributed by atoms with van der Waals surface area (Å²) in [6.45, 7) is 1.38. The Kier molecular flexibility index (Phi) is 6.47. The van der Waals surface area contributed by atoms with Gasteiger partial charge in [-0.15, -0.1) is 0 Å². The predicted octanol–water partition coefficient (Wildman–Crippen LogP) is 5.14. The van der Waals surface area contributed by atoms with Gasteiger partial charge in [0.05, 0.1) is 20.6 Å². The summed E-state index contributed by atoms with van der Waals surface area (Å²) in [5.41, 5.74) is 1.59. The van der Waals surface area contributed by atoms with E-state index in [9.17, 15) is 13.2 Å². The molecule has 3 aromatic rings. The first-order valence-electron chi connectivity index (χ1n) is 8.68. The Balaban J connectivity index is 2.01. The van der Waals surface area contributed by atoms with Gasteiger partial charge in [-0.25, -0.2) is 8.42 Å². The van der Waals surface area contributed by atoms with Gasteiger partial charge in [-0.2, -0.15) is 0 Å². The molecule has 0 aliphatic rings. The van der Waals surface area contributed by atoms with Crippen LogP contribution in [0, 0.1) is 6.92 Å². The van der Waals surface area contributed by atoms with Crippen LogP contribution in [0.2, 0.25) is 10.0 Å². The molecular weight excluding hydrogens is 431 g/mol. The SMILES string of the molecule is Cc1ccccc1NC(=O)CN(c1cccc(Cl)c1Cl)S(=O)(=O)c1ccccc1. The molecule has 5 nitrogen and oxygen atoms in total. The summed E-state index contributed by atoms with van der Waals surface area (Å²) in [5, 5.41) is 2.99. The molecule has 0 aliphatic heterocycles. The minimum atomic E-state index is -4.06. The molecule has 29 heavy (non-hydrogen) atoms. The molecule has 0 unspecified atom stereocenters. The highest BCUT2D eigenvalue weighted by molar-refractivity contribution is 7.92. The van der Waals surface area contributed by atoms with Crippen molar-refractivity contribution in [1.82, 2.24) is 0 Å². The van der Waals surface area contributed by atoms with E-state index in [0.717, 1.165) is 9.87 Å². The minimum absolute atomic E-state index is 0.0414. The number of carbonyl (C=O) groups excluding carboxylic acids is 1. The van der Waals surface area contributed by atoms with Crippen molar-refractivity contribution in [2.45, 2.75) is 11.8 Å². The maximum Gasteiger partial charge on any atom is 0.264 e. The van der Waals surface area contributed by atoms with Gasteiger partial charge in [0.2, 0.25) is 5.91 Å². The average Bonchev–Trinajstić information content (AvgIpc) is 2.71. The van der Waals surface area contributed by atoms with Gasteiger partial charge in [0, 0.05) is 5.69 Å². The zero-order valence-corrected chi connectivity index (χ0v) is 17.8. The molecular formula is C21H18Cl2N2O3S. The maximum absolute atomic E-state index is 13.3. The summed E-state index contributed by atoms with van der Waals surface area (Å²) in [6, 6.07) is 19.7. The van der Waals surface area contributed by atoms with Gasteiger partial charge in [-0.3, -0.25) is 9.10 Å². The van der Waals surface area contributed by atoms with E-state index < -0.39 is 22.5 Å². The number of halogens is 2. The molecule has 3 aromatic carbocycles. The van der Waals surface area contributed by atoms with Gasteiger partial charge in [0.1, 0.15) is 6.54 Å². The predicted molar refractivity (Wildman–Crippen MR) is 117 cm³/mol. The van der Waals surface area contributed by atoms with Gasteiger partial charge in [-0.05, 0) is 42.8 Å². The lowest BCUT2D eigenvalue weighted by Gasteiger charge is -2.25. The number of hydrogen-bond donors (Lipinski definition) is 1. The smallest absolute Gasteiger partial charge is 0.264 e. The first-order valence-corrected chi connectivity index (χ1v) is 10.9. The second kappa shape index (κ2) is 8.86. The molecule has 0 saturated heterocycles. The average molecular weight is 449 g/mol. The van der Waals surface area contributed by atoms with E-state index in [0.29, 0.717) is 5.69 Å². The number of para-hydroxylation sites is 1. The molecule has 0 fully saturated rings. The molecule has 0 bridgehead atoms. The molecule has 0 radical (unpaired) electrons. The number of sulfonamides is 1. The Morgan fingerprint density at radius 1 is 0.931 bits per heavy atom. The molecule has 3 rings (SSSR count). The Labute approximate surface area is 179 Å². The summed E-state index contributed by atoms with van der Waals surface area (Å²) in [7, 11) is -4.06. The Hall–Kier alpha value is -2.54. The van der Waals surface area contributed by atoms with Crippen molar-refractivity contribution in [2.75, 3.05) is 16.2 Å². The molecule has 0 spiro atoms. The number of aryl methyl sites for hydroxylation is 1. The van der Waals surface area contributed by atoms with Crippen LogP contribution in [0.3, 0.4) is 0 Å². The second-order valence-corrected chi connectivity index (χ2v) is 8.91. The van der Waals surface area contributed by atoms with Crippen LogP contribution in [-0.4, -0.2) is 20.9 Å². The number of carbonyl (C=O) groups is 1. The van der Waals surface area contributed by atoms with Crippen LogP contribution >= 0.6 is 23.2 Å². The third kappa shape index (κ3) is 4.72. The van der Waals surface area contributed by atoms with Crippen LogP contribution in [0.25, 0.3) is 0 Å². The molecule has 0 atom stereocenters. The van der Waals surface area contributed by atoms with Crippen LogP contribution in [0.4, 0.5) is 11.4 Å². The van der Waals surface area contributed by atoms with Crippen LogP contribution in [0.15, 0.2) is 77.7 Å². The molecule has 0 saturated carbocycles. The highest BCUT2D eigenvalue weighted by atomic mass is 35.5. The van der Waals surface area contributed by atoms with Gasteiger partial charge < -0.3 is 5.32 Å². The van der Waals surface area contributed by atoms with E-state index in [4.69, 9.17) is 23.2 Å². The van der Waals surface area contributed by atoms with E-state index in [1.165, 1.54) is 18.2 Å². The Bertz CT molecular complexity index is 1140.